The molecule has 13 heteroatoms. The number of rotatable bonds is 9. The number of nitrogens with zero attached hydrogens (tertiary/aromatic N) is 3. The fourth-order valence-electron chi connectivity index (χ4n) is 2.64. The van der Waals surface area contributed by atoms with Crippen molar-refractivity contribution < 1.29 is 13.2 Å². The van der Waals surface area contributed by atoms with Crippen molar-refractivity contribution in [1.29, 1.82) is 0 Å². The van der Waals surface area contributed by atoms with E-state index in [0.29, 0.717) is 17.4 Å². The molecular weight excluding hydrogens is 472 g/mol. The monoisotopic (exact) mass is 494 g/mol. The first-order valence-corrected chi connectivity index (χ1v) is 12.8. The highest BCUT2D eigenvalue weighted by Crippen LogP contribution is 2.27. The fourth-order valence-corrected chi connectivity index (χ4v) is 5.78. The van der Waals surface area contributed by atoms with Gasteiger partial charge >= 0.3 is 0 Å². The van der Waals surface area contributed by atoms with Crippen LogP contribution in [0.2, 0.25) is 0 Å². The molecular formula is C19H22N6O4S3. The molecule has 0 radical (unpaired) electrons. The van der Waals surface area contributed by atoms with Gasteiger partial charge in [-0.05, 0) is 30.2 Å². The van der Waals surface area contributed by atoms with Crippen molar-refractivity contribution in [2.75, 3.05) is 27.7 Å². The lowest BCUT2D eigenvalue weighted by Gasteiger charge is -2.23. The van der Waals surface area contributed by atoms with Gasteiger partial charge in [-0.25, -0.2) is 22.7 Å². The average molecular weight is 495 g/mol. The molecule has 0 bridgehead atoms. The summed E-state index contributed by atoms with van der Waals surface area (Å²) < 4.78 is 27.6. The normalized spacial score (nSPS) is 11.5. The molecule has 0 spiro atoms. The molecule has 1 amide bonds. The van der Waals surface area contributed by atoms with Gasteiger partial charge in [0.15, 0.2) is 10.3 Å². The molecule has 0 aliphatic rings. The molecule has 0 unspecified atom stereocenters. The van der Waals surface area contributed by atoms with E-state index in [-0.39, 0.29) is 33.4 Å². The standard InChI is InChI=1S/C19H22N6O4S3/c1-12(2)10-25(19-21-7-8-30-19)32(28,29)14-5-3-13(4-6-14)22-17(27)11-31-18-23-15(20)9-16(26)24-18/h3-9,12H,10-11H2,1-2H3,(H,22,27)(H3,20,23,24,26). The molecule has 2 heterocycles. The number of hydrogen-bond donors (Lipinski definition) is 3. The third-order valence-corrected chi connectivity index (χ3v) is 7.52. The molecule has 0 saturated carbocycles. The number of sulfonamides is 1. The Morgan fingerprint density at radius 3 is 2.62 bits per heavy atom. The lowest BCUT2D eigenvalue weighted by atomic mass is 10.2. The van der Waals surface area contributed by atoms with Gasteiger partial charge in [0.1, 0.15) is 5.82 Å². The van der Waals surface area contributed by atoms with E-state index in [2.05, 4.69) is 20.3 Å². The highest BCUT2D eigenvalue weighted by atomic mass is 32.2. The topological polar surface area (TPSA) is 151 Å². The van der Waals surface area contributed by atoms with E-state index in [1.165, 1.54) is 39.9 Å². The minimum absolute atomic E-state index is 0.0152. The van der Waals surface area contributed by atoms with Crippen molar-refractivity contribution >= 4 is 55.7 Å². The van der Waals surface area contributed by atoms with E-state index < -0.39 is 15.6 Å². The molecule has 4 N–H and O–H groups in total. The Labute approximate surface area is 193 Å². The van der Waals surface area contributed by atoms with E-state index in [1.54, 1.807) is 11.6 Å². The Hall–Kier alpha value is -2.90. The van der Waals surface area contributed by atoms with Gasteiger partial charge in [-0.15, -0.1) is 11.3 Å². The number of H-pyrrole nitrogens is 1. The predicted molar refractivity (Wildman–Crippen MR) is 127 cm³/mol. The minimum atomic E-state index is -3.81. The third kappa shape index (κ3) is 6.08. The SMILES string of the molecule is CC(C)CN(c1nccs1)S(=O)(=O)c1ccc(NC(=O)CSc2nc(N)cc(=O)[nH]2)cc1. The van der Waals surface area contributed by atoms with Crippen LogP contribution in [0.25, 0.3) is 0 Å². The molecule has 0 saturated heterocycles. The number of thioether (sulfide) groups is 1. The summed E-state index contributed by atoms with van der Waals surface area (Å²) in [6, 6.07) is 7.07. The molecule has 3 aromatic rings. The minimum Gasteiger partial charge on any atom is -0.383 e. The average Bonchev–Trinajstić information content (AvgIpc) is 3.24. The summed E-state index contributed by atoms with van der Waals surface area (Å²) in [5.41, 5.74) is 5.55. The Bertz CT molecular complexity index is 1220. The van der Waals surface area contributed by atoms with E-state index in [1.807, 2.05) is 13.8 Å². The number of aromatic nitrogens is 3. The number of aromatic amines is 1. The number of carbonyl (C=O) groups is 1. The van der Waals surface area contributed by atoms with Gasteiger partial charge in [0.05, 0.1) is 10.6 Å². The zero-order chi connectivity index (χ0) is 23.3. The predicted octanol–water partition coefficient (Wildman–Crippen LogP) is 2.39. The highest BCUT2D eigenvalue weighted by molar-refractivity contribution is 7.99. The van der Waals surface area contributed by atoms with Crippen LogP contribution >= 0.6 is 23.1 Å². The maximum absolute atomic E-state index is 13.2. The fraction of sp³-hybridized carbons (Fsp3) is 0.263. The number of nitrogens with one attached hydrogen (secondary N) is 2. The summed E-state index contributed by atoms with van der Waals surface area (Å²) in [5.74, 6) is -0.190. The van der Waals surface area contributed by atoms with Crippen LogP contribution in [0.1, 0.15) is 13.8 Å². The van der Waals surface area contributed by atoms with Gasteiger partial charge in [0.25, 0.3) is 15.6 Å². The number of amides is 1. The molecule has 10 nitrogen and oxygen atoms in total. The Kier molecular flexibility index (Phi) is 7.53. The molecule has 170 valence electrons. The maximum atomic E-state index is 13.2. The van der Waals surface area contributed by atoms with Crippen LogP contribution < -0.4 is 20.9 Å². The molecule has 0 fully saturated rings. The van der Waals surface area contributed by atoms with Crippen LogP contribution in [0.3, 0.4) is 0 Å². The van der Waals surface area contributed by atoms with Crippen molar-refractivity contribution in [2.24, 2.45) is 5.92 Å². The van der Waals surface area contributed by atoms with Gasteiger partial charge in [-0.2, -0.15) is 0 Å². The van der Waals surface area contributed by atoms with Crippen molar-refractivity contribution in [3.05, 3.63) is 52.3 Å². The van der Waals surface area contributed by atoms with E-state index in [4.69, 9.17) is 5.73 Å². The van der Waals surface area contributed by atoms with Gasteiger partial charge in [0, 0.05) is 29.9 Å². The second kappa shape index (κ2) is 10.1. The molecule has 0 atom stereocenters. The van der Waals surface area contributed by atoms with Gasteiger partial charge in [-0.3, -0.25) is 9.59 Å². The lowest BCUT2D eigenvalue weighted by molar-refractivity contribution is -0.113. The lowest BCUT2D eigenvalue weighted by Crippen LogP contribution is -2.34. The van der Waals surface area contributed by atoms with Crippen LogP contribution in [0.4, 0.5) is 16.6 Å². The number of anilines is 3. The zero-order valence-electron chi connectivity index (χ0n) is 17.3. The number of benzene rings is 1. The second-order valence-corrected chi connectivity index (χ2v) is 10.8. The summed E-state index contributed by atoms with van der Waals surface area (Å²) >= 11 is 2.28. The Morgan fingerprint density at radius 2 is 2.03 bits per heavy atom. The smallest absolute Gasteiger partial charge is 0.266 e. The van der Waals surface area contributed by atoms with Crippen LogP contribution in [-0.4, -0.2) is 41.6 Å². The first-order chi connectivity index (χ1) is 15.1. The molecule has 1 aromatic carbocycles. The van der Waals surface area contributed by atoms with E-state index in [0.717, 1.165) is 17.8 Å². The van der Waals surface area contributed by atoms with Gasteiger partial charge in [-0.1, -0.05) is 25.6 Å². The molecule has 3 rings (SSSR count). The quantitative estimate of drug-likeness (QED) is 0.303. The summed E-state index contributed by atoms with van der Waals surface area (Å²) in [4.78, 5) is 34.3. The van der Waals surface area contributed by atoms with Crippen molar-refractivity contribution in [3.8, 4) is 0 Å². The van der Waals surface area contributed by atoms with Crippen LogP contribution in [0.15, 0.2) is 56.8 Å². The van der Waals surface area contributed by atoms with Crippen LogP contribution in [-0.2, 0) is 14.8 Å². The summed E-state index contributed by atoms with van der Waals surface area (Å²) in [5, 5.41) is 5.04. The Morgan fingerprint density at radius 1 is 1.31 bits per heavy atom. The van der Waals surface area contributed by atoms with Crippen molar-refractivity contribution in [1.82, 2.24) is 15.0 Å². The first kappa shape index (κ1) is 23.8. The number of hydrogen-bond acceptors (Lipinski definition) is 9. The second-order valence-electron chi connectivity index (χ2n) is 7.08. The van der Waals surface area contributed by atoms with Crippen LogP contribution in [0.5, 0.6) is 0 Å². The number of nitrogen functional groups attached to an aromatic ring is 1. The Balaban J connectivity index is 1.68. The third-order valence-electron chi connectivity index (χ3n) is 3.97. The summed E-state index contributed by atoms with van der Waals surface area (Å²) in [6.45, 7) is 4.16. The van der Waals surface area contributed by atoms with Gasteiger partial charge in [0.2, 0.25) is 5.91 Å². The van der Waals surface area contributed by atoms with Gasteiger partial charge < -0.3 is 16.0 Å². The first-order valence-electron chi connectivity index (χ1n) is 9.47. The molecule has 0 aliphatic heterocycles. The summed E-state index contributed by atoms with van der Waals surface area (Å²) in [7, 11) is -3.81. The van der Waals surface area contributed by atoms with Crippen molar-refractivity contribution in [3.63, 3.8) is 0 Å². The van der Waals surface area contributed by atoms with E-state index in [9.17, 15) is 18.0 Å². The maximum Gasteiger partial charge on any atom is 0.266 e. The molecule has 2 aromatic heterocycles. The summed E-state index contributed by atoms with van der Waals surface area (Å²) in [6.07, 6.45) is 1.56. The zero-order valence-corrected chi connectivity index (χ0v) is 19.8. The van der Waals surface area contributed by atoms with Crippen LogP contribution in [0, 0.1) is 5.92 Å². The molecule has 0 aliphatic carbocycles. The largest absolute Gasteiger partial charge is 0.383 e. The number of carbonyl (C=O) groups excluding carboxylic acids is 1. The van der Waals surface area contributed by atoms with Crippen molar-refractivity contribution in [2.45, 2.75) is 23.9 Å². The molecule has 32 heavy (non-hydrogen) atoms. The number of nitrogens with two attached hydrogens (primary N) is 1. The number of thiazole rings is 1. The highest BCUT2D eigenvalue weighted by Gasteiger charge is 2.27. The van der Waals surface area contributed by atoms with E-state index >= 15 is 0 Å².